The van der Waals surface area contributed by atoms with Gasteiger partial charge in [0.15, 0.2) is 10.9 Å². The molecule has 0 saturated heterocycles. The van der Waals surface area contributed by atoms with E-state index in [2.05, 4.69) is 45.8 Å². The molecule has 0 fully saturated rings. The van der Waals surface area contributed by atoms with E-state index in [0.717, 1.165) is 33.6 Å². The third kappa shape index (κ3) is 4.10. The molecule has 0 saturated carbocycles. The molecule has 7 heteroatoms. The molecule has 2 heterocycles. The van der Waals surface area contributed by atoms with Crippen molar-refractivity contribution in [1.82, 2.24) is 19.3 Å². The molecule has 2 aromatic heterocycles. The number of carbonyl (C=O) groups excluding carboxylic acids is 1. The Hall–Kier alpha value is -2.25. The maximum atomic E-state index is 12.9. The highest BCUT2D eigenvalue weighted by Crippen LogP contribution is 2.26. The number of Topliss-reactive ketones (excluding diaryl/α,β-unsaturated/α-hetero) is 1. The average Bonchev–Trinajstić information content (AvgIpc) is 3.19. The predicted octanol–water partition coefficient (Wildman–Crippen LogP) is 4.88. The van der Waals surface area contributed by atoms with Crippen LogP contribution in [0.2, 0.25) is 0 Å². The summed E-state index contributed by atoms with van der Waals surface area (Å²) in [5.74, 6) is 1.24. The summed E-state index contributed by atoms with van der Waals surface area (Å²) in [4.78, 5) is 14.1. The maximum absolute atomic E-state index is 12.9. The molecule has 3 aromatic rings. The van der Waals surface area contributed by atoms with Gasteiger partial charge in [0.25, 0.3) is 0 Å². The Morgan fingerprint density at radius 1 is 1.21 bits per heavy atom. The zero-order valence-electron chi connectivity index (χ0n) is 16.6. The van der Waals surface area contributed by atoms with Gasteiger partial charge in [-0.3, -0.25) is 4.79 Å². The standard InChI is InChI=1S/C21H24N4OS2/c1-6-10-24-16(4)22-23-21(24)28-13-20(26)19-11-14(2)25(15(19)3)17-8-7-9-18(12-17)27-5/h6-9,11-12H,1,10,13H2,2-5H3. The molecule has 0 bridgehead atoms. The third-order valence-corrected chi connectivity index (χ3v) is 6.28. The summed E-state index contributed by atoms with van der Waals surface area (Å²) in [6, 6.07) is 10.3. The van der Waals surface area contributed by atoms with E-state index in [0.29, 0.717) is 12.3 Å². The summed E-state index contributed by atoms with van der Waals surface area (Å²) in [5.41, 5.74) is 3.85. The van der Waals surface area contributed by atoms with Crippen LogP contribution in [0.25, 0.3) is 5.69 Å². The summed E-state index contributed by atoms with van der Waals surface area (Å²) in [5, 5.41) is 9.03. The predicted molar refractivity (Wildman–Crippen MR) is 117 cm³/mol. The van der Waals surface area contributed by atoms with Crippen LogP contribution in [0.3, 0.4) is 0 Å². The average molecular weight is 413 g/mol. The van der Waals surface area contributed by atoms with E-state index in [1.54, 1.807) is 17.8 Å². The number of allylic oxidation sites excluding steroid dienone is 1. The van der Waals surface area contributed by atoms with Gasteiger partial charge in [0.05, 0.1) is 5.75 Å². The fourth-order valence-corrected chi connectivity index (χ4v) is 4.54. The first-order valence-corrected chi connectivity index (χ1v) is 11.2. The highest BCUT2D eigenvalue weighted by atomic mass is 32.2. The number of aryl methyl sites for hydroxylation is 2. The molecule has 5 nitrogen and oxygen atoms in total. The fourth-order valence-electron chi connectivity index (χ4n) is 3.21. The molecule has 0 atom stereocenters. The lowest BCUT2D eigenvalue weighted by Crippen LogP contribution is -2.07. The van der Waals surface area contributed by atoms with Gasteiger partial charge >= 0.3 is 0 Å². The Labute approximate surface area is 174 Å². The Kier molecular flexibility index (Phi) is 6.46. The van der Waals surface area contributed by atoms with Gasteiger partial charge in [-0.25, -0.2) is 0 Å². The van der Waals surface area contributed by atoms with Crippen LogP contribution >= 0.6 is 23.5 Å². The van der Waals surface area contributed by atoms with E-state index in [4.69, 9.17) is 0 Å². The number of ketones is 1. The van der Waals surface area contributed by atoms with Crippen molar-refractivity contribution in [2.45, 2.75) is 37.4 Å². The highest BCUT2D eigenvalue weighted by Gasteiger charge is 2.18. The second kappa shape index (κ2) is 8.84. The van der Waals surface area contributed by atoms with Gasteiger partial charge < -0.3 is 9.13 Å². The number of carbonyl (C=O) groups is 1. The van der Waals surface area contributed by atoms with Crippen molar-refractivity contribution in [3.05, 3.63) is 65.8 Å². The second-order valence-electron chi connectivity index (χ2n) is 6.46. The minimum Gasteiger partial charge on any atom is -0.318 e. The molecule has 1 aromatic carbocycles. The summed E-state index contributed by atoms with van der Waals surface area (Å²) < 4.78 is 4.10. The Bertz CT molecular complexity index is 1020. The highest BCUT2D eigenvalue weighted by molar-refractivity contribution is 7.99. The monoisotopic (exact) mass is 412 g/mol. The van der Waals surface area contributed by atoms with Crippen LogP contribution in [0, 0.1) is 20.8 Å². The van der Waals surface area contributed by atoms with Gasteiger partial charge in [-0.2, -0.15) is 0 Å². The number of nitrogens with zero attached hydrogens (tertiary/aromatic N) is 4. The first-order valence-electron chi connectivity index (χ1n) is 8.96. The first kappa shape index (κ1) is 20.5. The maximum Gasteiger partial charge on any atom is 0.191 e. The largest absolute Gasteiger partial charge is 0.318 e. The molecule has 0 aliphatic heterocycles. The molecule has 0 aliphatic carbocycles. The van der Waals surface area contributed by atoms with Crippen molar-refractivity contribution in [1.29, 1.82) is 0 Å². The minimum atomic E-state index is 0.0937. The molecule has 0 N–H and O–H groups in total. The lowest BCUT2D eigenvalue weighted by Gasteiger charge is -2.11. The van der Waals surface area contributed by atoms with Crippen LogP contribution in [0.5, 0.6) is 0 Å². The molecule has 0 aliphatic rings. The van der Waals surface area contributed by atoms with E-state index in [1.165, 1.54) is 16.7 Å². The van der Waals surface area contributed by atoms with Crippen LogP contribution < -0.4 is 0 Å². The molecule has 3 rings (SSSR count). The number of benzene rings is 1. The molecular formula is C21H24N4OS2. The lowest BCUT2D eigenvalue weighted by molar-refractivity contribution is 0.102. The van der Waals surface area contributed by atoms with Gasteiger partial charge in [-0.05, 0) is 51.3 Å². The Morgan fingerprint density at radius 2 is 2.00 bits per heavy atom. The van der Waals surface area contributed by atoms with E-state index < -0.39 is 0 Å². The number of rotatable bonds is 8. The molecular weight excluding hydrogens is 388 g/mol. The van der Waals surface area contributed by atoms with Crippen LogP contribution in [0.15, 0.2) is 53.0 Å². The van der Waals surface area contributed by atoms with Crippen LogP contribution in [-0.2, 0) is 6.54 Å². The van der Waals surface area contributed by atoms with Gasteiger partial charge in [0.2, 0.25) is 0 Å². The molecule has 0 radical (unpaired) electrons. The number of thioether (sulfide) groups is 2. The summed E-state index contributed by atoms with van der Waals surface area (Å²) in [6.07, 6.45) is 3.87. The molecule has 146 valence electrons. The molecule has 28 heavy (non-hydrogen) atoms. The Balaban J connectivity index is 1.82. The van der Waals surface area contributed by atoms with Crippen molar-refractivity contribution in [2.24, 2.45) is 0 Å². The van der Waals surface area contributed by atoms with Crippen LogP contribution in [-0.4, -0.2) is 37.1 Å². The van der Waals surface area contributed by atoms with Gasteiger partial charge in [0, 0.05) is 34.1 Å². The molecule has 0 unspecified atom stereocenters. The second-order valence-corrected chi connectivity index (χ2v) is 8.28. The van der Waals surface area contributed by atoms with E-state index in [1.807, 2.05) is 37.5 Å². The smallest absolute Gasteiger partial charge is 0.191 e. The topological polar surface area (TPSA) is 52.7 Å². The van der Waals surface area contributed by atoms with Gasteiger partial charge in [0.1, 0.15) is 5.82 Å². The zero-order valence-corrected chi connectivity index (χ0v) is 18.2. The third-order valence-electron chi connectivity index (χ3n) is 4.59. The zero-order chi connectivity index (χ0) is 20.3. The van der Waals surface area contributed by atoms with Crippen LogP contribution in [0.4, 0.5) is 0 Å². The number of hydrogen-bond donors (Lipinski definition) is 0. The first-order chi connectivity index (χ1) is 13.5. The summed E-state index contributed by atoms with van der Waals surface area (Å²) in [6.45, 7) is 10.3. The number of hydrogen-bond acceptors (Lipinski definition) is 5. The molecule has 0 spiro atoms. The fraction of sp³-hybridized carbons (Fsp3) is 0.286. The van der Waals surface area contributed by atoms with Crippen molar-refractivity contribution < 1.29 is 4.79 Å². The van der Waals surface area contributed by atoms with Crippen LogP contribution in [0.1, 0.15) is 27.6 Å². The normalized spacial score (nSPS) is 11.0. The Morgan fingerprint density at radius 3 is 2.71 bits per heavy atom. The minimum absolute atomic E-state index is 0.0937. The summed E-state index contributed by atoms with van der Waals surface area (Å²) in [7, 11) is 0. The van der Waals surface area contributed by atoms with Gasteiger partial charge in [-0.1, -0.05) is 23.9 Å². The van der Waals surface area contributed by atoms with E-state index >= 15 is 0 Å². The van der Waals surface area contributed by atoms with E-state index in [9.17, 15) is 4.79 Å². The van der Waals surface area contributed by atoms with Crippen molar-refractivity contribution in [2.75, 3.05) is 12.0 Å². The summed E-state index contributed by atoms with van der Waals surface area (Å²) >= 11 is 3.13. The quantitative estimate of drug-likeness (QED) is 0.300. The van der Waals surface area contributed by atoms with Crippen molar-refractivity contribution in [3.63, 3.8) is 0 Å². The molecule has 0 amide bonds. The van der Waals surface area contributed by atoms with Crippen molar-refractivity contribution >= 4 is 29.3 Å². The van der Waals surface area contributed by atoms with Crippen molar-refractivity contribution in [3.8, 4) is 5.69 Å². The van der Waals surface area contributed by atoms with E-state index in [-0.39, 0.29) is 5.78 Å². The number of aromatic nitrogens is 4. The van der Waals surface area contributed by atoms with Gasteiger partial charge in [-0.15, -0.1) is 28.5 Å². The lowest BCUT2D eigenvalue weighted by atomic mass is 10.2. The SMILES string of the molecule is C=CCn1c(C)nnc1SCC(=O)c1cc(C)n(-c2cccc(SC)c2)c1C.